The summed E-state index contributed by atoms with van der Waals surface area (Å²) in [7, 11) is 2.15. The number of ether oxygens (including phenoxy) is 1. The Hall–Kier alpha value is -0.480. The Balaban J connectivity index is 1.99. The highest BCUT2D eigenvalue weighted by atomic mass is 16.5. The highest BCUT2D eigenvalue weighted by molar-refractivity contribution is 4.71. The van der Waals surface area contributed by atoms with Crippen LogP contribution in [0.1, 0.15) is 20.3 Å². The monoisotopic (exact) mass is 199 g/mol. The smallest absolute Gasteiger partial charge is 0.158 e. The molecule has 0 aromatic rings. The molecule has 1 aliphatic rings. The van der Waals surface area contributed by atoms with Gasteiger partial charge in [-0.2, -0.15) is 10.2 Å². The summed E-state index contributed by atoms with van der Waals surface area (Å²) < 4.78 is 5.43. The van der Waals surface area contributed by atoms with Crippen LogP contribution in [0.3, 0.4) is 0 Å². The molecular weight excluding hydrogens is 178 g/mol. The molecule has 1 unspecified atom stereocenters. The van der Waals surface area contributed by atoms with Gasteiger partial charge in [0.05, 0.1) is 12.6 Å². The van der Waals surface area contributed by atoms with Crippen molar-refractivity contribution in [2.75, 3.05) is 33.5 Å². The Labute approximate surface area is 86.3 Å². The van der Waals surface area contributed by atoms with E-state index in [1.165, 1.54) is 13.0 Å². The van der Waals surface area contributed by atoms with Gasteiger partial charge in [-0.25, -0.2) is 0 Å². The first-order chi connectivity index (χ1) is 6.68. The summed E-state index contributed by atoms with van der Waals surface area (Å²) in [6.07, 6.45) is 1.25. The van der Waals surface area contributed by atoms with E-state index in [2.05, 4.69) is 22.2 Å². The molecule has 1 fully saturated rings. The highest BCUT2D eigenvalue weighted by Gasteiger charge is 2.18. The lowest BCUT2D eigenvalue weighted by molar-refractivity contribution is 0.104. The molecule has 1 aliphatic heterocycles. The molecule has 1 saturated heterocycles. The Morgan fingerprint density at radius 3 is 2.86 bits per heavy atom. The predicted molar refractivity (Wildman–Crippen MR) is 56.4 cm³/mol. The second-order valence-electron chi connectivity index (χ2n) is 4.27. The SMILES string of the molecule is CC(C)/N=N\COCC1CCN(C)C1. The summed E-state index contributed by atoms with van der Waals surface area (Å²) in [5.74, 6) is 0.689. The fourth-order valence-corrected chi connectivity index (χ4v) is 1.62. The molecule has 1 heterocycles. The zero-order valence-corrected chi connectivity index (χ0v) is 9.44. The van der Waals surface area contributed by atoms with E-state index in [1.54, 1.807) is 0 Å². The van der Waals surface area contributed by atoms with Crippen LogP contribution in [0.2, 0.25) is 0 Å². The van der Waals surface area contributed by atoms with Crippen LogP contribution in [0.5, 0.6) is 0 Å². The zero-order chi connectivity index (χ0) is 10.4. The van der Waals surface area contributed by atoms with Crippen LogP contribution >= 0.6 is 0 Å². The first kappa shape index (κ1) is 11.6. The van der Waals surface area contributed by atoms with Crippen molar-refractivity contribution in [3.63, 3.8) is 0 Å². The third-order valence-electron chi connectivity index (χ3n) is 2.30. The second kappa shape index (κ2) is 6.09. The summed E-state index contributed by atoms with van der Waals surface area (Å²) in [6, 6.07) is 0.274. The molecule has 0 aromatic heterocycles. The van der Waals surface area contributed by atoms with Crippen molar-refractivity contribution in [2.24, 2.45) is 16.1 Å². The van der Waals surface area contributed by atoms with E-state index in [9.17, 15) is 0 Å². The molecule has 14 heavy (non-hydrogen) atoms. The fraction of sp³-hybridized carbons (Fsp3) is 1.00. The van der Waals surface area contributed by atoms with Crippen LogP contribution < -0.4 is 0 Å². The number of azo groups is 1. The van der Waals surface area contributed by atoms with Crippen molar-refractivity contribution in [3.8, 4) is 0 Å². The molecule has 0 amide bonds. The standard InChI is InChI=1S/C10H21N3O/c1-9(2)12-11-8-14-7-10-4-5-13(3)6-10/h9-10H,4-8H2,1-3H3/b12-11-. The van der Waals surface area contributed by atoms with Gasteiger partial charge in [-0.3, -0.25) is 0 Å². The van der Waals surface area contributed by atoms with E-state index >= 15 is 0 Å². The van der Waals surface area contributed by atoms with Crippen LogP contribution in [0.15, 0.2) is 10.2 Å². The molecule has 0 aliphatic carbocycles. The van der Waals surface area contributed by atoms with Gasteiger partial charge in [-0.05, 0) is 39.8 Å². The minimum atomic E-state index is 0.274. The van der Waals surface area contributed by atoms with Crippen molar-refractivity contribution in [1.82, 2.24) is 4.90 Å². The Kier molecular flexibility index (Phi) is 5.04. The van der Waals surface area contributed by atoms with Gasteiger partial charge in [0.25, 0.3) is 0 Å². The van der Waals surface area contributed by atoms with Crippen LogP contribution in [0.25, 0.3) is 0 Å². The Bertz CT molecular complexity index is 182. The lowest BCUT2D eigenvalue weighted by Gasteiger charge is -2.09. The first-order valence-corrected chi connectivity index (χ1v) is 5.31. The molecule has 0 aromatic carbocycles. The van der Waals surface area contributed by atoms with Gasteiger partial charge < -0.3 is 9.64 Å². The quantitative estimate of drug-likeness (QED) is 0.500. The molecule has 1 atom stereocenters. The maximum Gasteiger partial charge on any atom is 0.158 e. The summed E-state index contributed by atoms with van der Waals surface area (Å²) in [6.45, 7) is 7.60. The molecule has 0 radical (unpaired) electrons. The van der Waals surface area contributed by atoms with Crippen molar-refractivity contribution < 1.29 is 4.74 Å². The van der Waals surface area contributed by atoms with E-state index < -0.39 is 0 Å². The number of hydrogen-bond acceptors (Lipinski definition) is 4. The van der Waals surface area contributed by atoms with Gasteiger partial charge in [-0.1, -0.05) is 0 Å². The van der Waals surface area contributed by atoms with Gasteiger partial charge in [0.15, 0.2) is 6.73 Å². The van der Waals surface area contributed by atoms with Gasteiger partial charge in [0.1, 0.15) is 0 Å². The molecule has 1 rings (SSSR count). The normalized spacial score (nSPS) is 24.1. The third kappa shape index (κ3) is 4.67. The van der Waals surface area contributed by atoms with Crippen molar-refractivity contribution in [1.29, 1.82) is 0 Å². The minimum Gasteiger partial charge on any atom is -0.357 e. The average Bonchev–Trinajstić information content (AvgIpc) is 2.50. The second-order valence-corrected chi connectivity index (χ2v) is 4.27. The molecule has 0 saturated carbocycles. The van der Waals surface area contributed by atoms with Crippen LogP contribution in [-0.4, -0.2) is 44.4 Å². The van der Waals surface area contributed by atoms with Crippen molar-refractivity contribution in [2.45, 2.75) is 26.3 Å². The predicted octanol–water partition coefficient (Wildman–Crippen LogP) is 1.77. The van der Waals surface area contributed by atoms with Crippen molar-refractivity contribution in [3.05, 3.63) is 0 Å². The first-order valence-electron chi connectivity index (χ1n) is 5.31. The van der Waals surface area contributed by atoms with Crippen LogP contribution in [-0.2, 0) is 4.74 Å². The van der Waals surface area contributed by atoms with E-state index in [0.717, 1.165) is 13.2 Å². The largest absolute Gasteiger partial charge is 0.357 e. The molecule has 0 spiro atoms. The Morgan fingerprint density at radius 2 is 2.29 bits per heavy atom. The summed E-state index contributed by atoms with van der Waals surface area (Å²) in [5, 5.41) is 7.93. The van der Waals surface area contributed by atoms with Gasteiger partial charge in [0, 0.05) is 6.54 Å². The maximum absolute atomic E-state index is 5.43. The van der Waals surface area contributed by atoms with Crippen molar-refractivity contribution >= 4 is 0 Å². The third-order valence-corrected chi connectivity index (χ3v) is 2.30. The van der Waals surface area contributed by atoms with E-state index in [-0.39, 0.29) is 6.04 Å². The lowest BCUT2D eigenvalue weighted by atomic mass is 10.1. The maximum atomic E-state index is 5.43. The number of nitrogens with zero attached hydrogens (tertiary/aromatic N) is 3. The van der Waals surface area contributed by atoms with E-state index in [4.69, 9.17) is 4.74 Å². The highest BCUT2D eigenvalue weighted by Crippen LogP contribution is 2.14. The van der Waals surface area contributed by atoms with Gasteiger partial charge in [-0.15, -0.1) is 0 Å². The zero-order valence-electron chi connectivity index (χ0n) is 9.44. The van der Waals surface area contributed by atoms with E-state index in [0.29, 0.717) is 12.6 Å². The summed E-state index contributed by atoms with van der Waals surface area (Å²) in [4.78, 5) is 2.34. The molecule has 4 nitrogen and oxygen atoms in total. The lowest BCUT2D eigenvalue weighted by Crippen LogP contribution is -2.16. The van der Waals surface area contributed by atoms with Crippen LogP contribution in [0.4, 0.5) is 0 Å². The number of hydrogen-bond donors (Lipinski definition) is 0. The topological polar surface area (TPSA) is 37.2 Å². The molecule has 0 N–H and O–H groups in total. The number of rotatable bonds is 5. The average molecular weight is 199 g/mol. The van der Waals surface area contributed by atoms with Crippen LogP contribution in [0, 0.1) is 5.92 Å². The molecule has 4 heteroatoms. The molecule has 0 bridgehead atoms. The fourth-order valence-electron chi connectivity index (χ4n) is 1.62. The molecular formula is C10H21N3O. The summed E-state index contributed by atoms with van der Waals surface area (Å²) >= 11 is 0. The van der Waals surface area contributed by atoms with E-state index in [1.807, 2.05) is 13.8 Å². The summed E-state index contributed by atoms with van der Waals surface area (Å²) in [5.41, 5.74) is 0. The minimum absolute atomic E-state index is 0.274. The molecule has 82 valence electrons. The number of likely N-dealkylation sites (tertiary alicyclic amines) is 1. The Morgan fingerprint density at radius 1 is 1.50 bits per heavy atom. The van der Waals surface area contributed by atoms with Gasteiger partial charge >= 0.3 is 0 Å². The van der Waals surface area contributed by atoms with Gasteiger partial charge in [0.2, 0.25) is 0 Å².